The predicted octanol–water partition coefficient (Wildman–Crippen LogP) is -3.83. The van der Waals surface area contributed by atoms with E-state index in [0.29, 0.717) is 16.7 Å². The number of phenolic OH excluding ortho intramolecular Hbond substituents is 1. The van der Waals surface area contributed by atoms with Gasteiger partial charge in [-0.15, -0.1) is 0 Å². The Kier molecular flexibility index (Phi) is 35.1. The first-order valence-electron chi connectivity index (χ1n) is 33.5. The van der Waals surface area contributed by atoms with Crippen molar-refractivity contribution in [1.82, 2.24) is 58.1 Å². The molecular formula is C68H94N14O21S. The van der Waals surface area contributed by atoms with Crippen LogP contribution in [0.2, 0.25) is 0 Å². The van der Waals surface area contributed by atoms with Crippen molar-refractivity contribution in [3.05, 3.63) is 102 Å². The number of aliphatic hydroxyl groups excluding tert-OH is 1. The summed E-state index contributed by atoms with van der Waals surface area (Å²) in [6, 6.07) is 2.17. The minimum Gasteiger partial charge on any atom is -0.508 e. The van der Waals surface area contributed by atoms with Gasteiger partial charge in [-0.2, -0.15) is 12.6 Å². The minimum atomic E-state index is -2.03. The largest absolute Gasteiger partial charge is 0.508 e. The quantitative estimate of drug-likeness (QED) is 0.0241. The molecule has 35 nitrogen and oxygen atoms in total. The van der Waals surface area contributed by atoms with E-state index < -0.39 is 218 Å². The Hall–Kier alpha value is -10.7. The average Bonchev–Trinajstić information content (AvgIpc) is 1.57. The van der Waals surface area contributed by atoms with E-state index >= 15 is 0 Å². The summed E-state index contributed by atoms with van der Waals surface area (Å²) >= 11 is 4.17. The number of aromatic hydroxyl groups is 1. The number of carbonyl (C=O) groups is 16. The molecule has 568 valence electrons. The molecule has 13 amide bonds. The average molecular weight is 1480 g/mol. The number of nitrogens with zero attached hydrogens (tertiary/aromatic N) is 1. The van der Waals surface area contributed by atoms with E-state index in [2.05, 4.69) is 65.8 Å². The number of primary amides is 2. The number of nitrogens with one attached hydrogen (secondary N) is 10. The second-order valence-electron chi connectivity index (χ2n) is 25.8. The zero-order valence-corrected chi connectivity index (χ0v) is 58.8. The number of phenols is 1. The molecule has 3 aromatic carbocycles. The van der Waals surface area contributed by atoms with E-state index in [1.54, 1.807) is 88.4 Å². The summed E-state index contributed by atoms with van der Waals surface area (Å²) in [5, 5.41) is 73.7. The molecule has 1 fully saturated rings. The summed E-state index contributed by atoms with van der Waals surface area (Å²) in [6.07, 6.45) is -4.73. The van der Waals surface area contributed by atoms with Gasteiger partial charge in [0, 0.05) is 44.4 Å². The van der Waals surface area contributed by atoms with Crippen molar-refractivity contribution in [1.29, 1.82) is 0 Å². The molecule has 4 rings (SSSR count). The number of carboxylic acids is 3. The summed E-state index contributed by atoms with van der Waals surface area (Å²) in [4.78, 5) is 216. The van der Waals surface area contributed by atoms with Gasteiger partial charge in [-0.3, -0.25) is 71.9 Å². The number of amides is 13. The Bertz CT molecular complexity index is 3520. The zero-order chi connectivity index (χ0) is 77.5. The Balaban J connectivity index is 1.60. The molecule has 3 aromatic rings. The fourth-order valence-electron chi connectivity index (χ4n) is 11.0. The predicted molar refractivity (Wildman–Crippen MR) is 373 cm³/mol. The molecule has 104 heavy (non-hydrogen) atoms. The number of nitrogens with two attached hydrogens (primary N) is 3. The van der Waals surface area contributed by atoms with Crippen LogP contribution < -0.4 is 70.4 Å². The van der Waals surface area contributed by atoms with Crippen molar-refractivity contribution >= 4 is 107 Å². The number of rotatable bonds is 44. The standard InChI is InChI=1S/C68H94N14O21S/c1-35(2)26-44(60(94)80-50(33-83)64(98)76-46(29-39-17-19-40(84)20-18-39)62(96)81-51(34-104)65(99)79-49(68(102)103)27-36(3)4)74-63(97)47(32-56(89)90)77-61(95)45(28-37-12-7-5-8-13-37)75-58(92)43(22-24-54(71)86)73-66(100)52-16-11-25-82(52)67(101)48(30-38-14-9-6-10-15-38)78-59(93)42(21-23-53(70)85)72-57(91)41(69)31-55(87)88/h5-10,12-15,17-20,35-36,41-52,83-84,104H,11,16,21-34,69H2,1-4H3,(H2,70,85)(H2,71,86)(H,72,91)(H,73,100)(H,74,97)(H,75,92)(H,76,98)(H,77,95)(H,78,93)(H,79,99)(H,80,94)(H,81,96)(H,87,88)(H,89,90)(H,102,103)/t41-,42-,43-,44-,45-,46-,47-,48-,49-,50-,51-,52-/m0/s1. The van der Waals surface area contributed by atoms with Crippen LogP contribution in [0.3, 0.4) is 0 Å². The van der Waals surface area contributed by atoms with Crippen LogP contribution in [0.25, 0.3) is 0 Å². The topological polar surface area (TPSA) is 576 Å². The molecule has 0 spiro atoms. The number of carbonyl (C=O) groups excluding carboxylic acids is 13. The number of carboxylic acid groups (broad SMARTS) is 3. The van der Waals surface area contributed by atoms with Crippen molar-refractivity contribution in [2.24, 2.45) is 29.0 Å². The number of thiol groups is 1. The maximum atomic E-state index is 14.7. The fraction of sp³-hybridized carbons (Fsp3) is 0.500. The second kappa shape index (κ2) is 42.6. The summed E-state index contributed by atoms with van der Waals surface area (Å²) in [5.41, 5.74) is 17.9. The highest BCUT2D eigenvalue weighted by molar-refractivity contribution is 7.80. The maximum Gasteiger partial charge on any atom is 0.326 e. The van der Waals surface area contributed by atoms with E-state index in [-0.39, 0.29) is 68.9 Å². The molecule has 12 atom stereocenters. The van der Waals surface area contributed by atoms with Gasteiger partial charge >= 0.3 is 17.9 Å². The fourth-order valence-corrected chi connectivity index (χ4v) is 11.2. The van der Waals surface area contributed by atoms with Crippen LogP contribution in [0.5, 0.6) is 5.75 Å². The number of benzene rings is 3. The minimum absolute atomic E-state index is 0.0138. The van der Waals surface area contributed by atoms with Gasteiger partial charge < -0.3 is 101 Å². The molecule has 36 heteroatoms. The molecule has 0 saturated carbocycles. The van der Waals surface area contributed by atoms with Crippen molar-refractivity contribution in [3.63, 3.8) is 0 Å². The lowest BCUT2D eigenvalue weighted by molar-refractivity contribution is -0.143. The van der Waals surface area contributed by atoms with Crippen LogP contribution in [0.15, 0.2) is 84.9 Å². The van der Waals surface area contributed by atoms with Gasteiger partial charge in [-0.1, -0.05) is 100 Å². The normalized spacial score (nSPS) is 15.7. The van der Waals surface area contributed by atoms with Gasteiger partial charge in [-0.25, -0.2) is 4.79 Å². The highest BCUT2D eigenvalue weighted by atomic mass is 32.1. The lowest BCUT2D eigenvalue weighted by Crippen LogP contribution is -2.61. The third kappa shape index (κ3) is 29.3. The van der Waals surface area contributed by atoms with Crippen LogP contribution in [-0.2, 0) is 96.0 Å². The molecule has 0 bridgehead atoms. The Morgan fingerprint density at radius 3 is 1.31 bits per heavy atom. The lowest BCUT2D eigenvalue weighted by atomic mass is 10.0. The van der Waals surface area contributed by atoms with Crippen LogP contribution in [0, 0.1) is 11.8 Å². The van der Waals surface area contributed by atoms with Gasteiger partial charge in [0.1, 0.15) is 72.2 Å². The van der Waals surface area contributed by atoms with Gasteiger partial charge in [0.05, 0.1) is 25.5 Å². The summed E-state index contributed by atoms with van der Waals surface area (Å²) in [7, 11) is 0. The van der Waals surface area contributed by atoms with Crippen molar-refractivity contribution in [3.8, 4) is 5.75 Å². The van der Waals surface area contributed by atoms with E-state index in [1.807, 2.05) is 0 Å². The number of hydrogen-bond acceptors (Lipinski definition) is 20. The van der Waals surface area contributed by atoms with E-state index in [1.165, 1.54) is 24.3 Å². The molecule has 1 heterocycles. The first-order valence-corrected chi connectivity index (χ1v) is 34.1. The summed E-state index contributed by atoms with van der Waals surface area (Å²) in [6.45, 7) is 5.53. The monoisotopic (exact) mass is 1470 g/mol. The highest BCUT2D eigenvalue weighted by Gasteiger charge is 2.42. The molecule has 0 aliphatic carbocycles. The third-order valence-electron chi connectivity index (χ3n) is 16.3. The van der Waals surface area contributed by atoms with Crippen LogP contribution >= 0.6 is 12.6 Å². The Morgan fingerprint density at radius 2 is 0.837 bits per heavy atom. The van der Waals surface area contributed by atoms with Gasteiger partial charge in [0.15, 0.2) is 0 Å². The molecule has 1 aliphatic heterocycles. The van der Waals surface area contributed by atoms with Crippen molar-refractivity contribution in [2.45, 2.75) is 184 Å². The van der Waals surface area contributed by atoms with E-state index in [4.69, 9.17) is 17.2 Å². The molecule has 1 saturated heterocycles. The number of aliphatic hydroxyl groups is 1. The van der Waals surface area contributed by atoms with Crippen molar-refractivity contribution < 1.29 is 102 Å². The number of aliphatic carboxylic acids is 3. The van der Waals surface area contributed by atoms with E-state index in [9.17, 15) is 102 Å². The second-order valence-corrected chi connectivity index (χ2v) is 26.2. The zero-order valence-electron chi connectivity index (χ0n) is 57.9. The molecule has 0 unspecified atom stereocenters. The Morgan fingerprint density at radius 1 is 0.462 bits per heavy atom. The van der Waals surface area contributed by atoms with E-state index in [0.717, 1.165) is 4.90 Å². The summed E-state index contributed by atoms with van der Waals surface area (Å²) < 4.78 is 0. The summed E-state index contributed by atoms with van der Waals surface area (Å²) in [5.74, 6) is -19.0. The van der Waals surface area contributed by atoms with Gasteiger partial charge in [0.2, 0.25) is 76.8 Å². The highest BCUT2D eigenvalue weighted by Crippen LogP contribution is 2.22. The first kappa shape index (κ1) is 85.7. The van der Waals surface area contributed by atoms with Crippen LogP contribution in [0.1, 0.15) is 109 Å². The molecular weight excluding hydrogens is 1380 g/mol. The SMILES string of the molecule is CC(C)C[C@H](NC(=O)[C@H](CS)NC(=O)[C@H](Cc1ccc(O)cc1)NC(=O)[C@H](CO)NC(=O)[C@H](CC(C)C)NC(=O)[C@H](CC(=O)O)NC(=O)[C@H](Cc1ccccc1)NC(=O)[C@H](CCC(N)=O)NC(=O)[C@@H]1CCCN1C(=O)[C@H](Cc1ccccc1)NC(=O)[C@H](CCC(N)=O)NC(=O)[C@@H](N)CC(=O)O)C(=O)O. The first-order chi connectivity index (χ1) is 49.1. The smallest absolute Gasteiger partial charge is 0.326 e. The van der Waals surface area contributed by atoms with Gasteiger partial charge in [-0.05, 0) is 79.2 Å². The maximum absolute atomic E-state index is 14.7. The van der Waals surface area contributed by atoms with Gasteiger partial charge in [0.25, 0.3) is 0 Å². The van der Waals surface area contributed by atoms with Crippen molar-refractivity contribution in [2.75, 3.05) is 18.9 Å². The molecule has 1 aliphatic rings. The number of likely N-dealkylation sites (tertiary alicyclic amines) is 1. The lowest BCUT2D eigenvalue weighted by Gasteiger charge is -2.31. The van der Waals surface area contributed by atoms with Crippen LogP contribution in [-0.4, -0.2) is 217 Å². The molecule has 21 N–H and O–H groups in total. The molecule has 0 radical (unpaired) electrons. The Labute approximate surface area is 604 Å². The molecule has 0 aromatic heterocycles. The van der Waals surface area contributed by atoms with Crippen LogP contribution in [0.4, 0.5) is 0 Å². The third-order valence-corrected chi connectivity index (χ3v) is 16.7. The number of hydrogen-bond donors (Lipinski definition) is 19.